The zero-order chi connectivity index (χ0) is 20.6. The molecule has 0 aromatic heterocycles. The van der Waals surface area contributed by atoms with Crippen LogP contribution in [0.2, 0.25) is 0 Å². The van der Waals surface area contributed by atoms with E-state index in [0.29, 0.717) is 13.1 Å². The van der Waals surface area contributed by atoms with Gasteiger partial charge < -0.3 is 15.1 Å². The summed E-state index contributed by atoms with van der Waals surface area (Å²) in [6.45, 7) is 2.83. The predicted molar refractivity (Wildman–Crippen MR) is 118 cm³/mol. The minimum Gasteiger partial charge on any atom is -0.337 e. The van der Waals surface area contributed by atoms with Crippen LogP contribution < -0.4 is 10.2 Å². The normalized spacial score (nSPS) is 18.8. The van der Waals surface area contributed by atoms with Gasteiger partial charge in [-0.1, -0.05) is 30.3 Å². The number of piperidine rings is 1. The first-order chi connectivity index (χ1) is 14.0. The number of rotatable bonds is 7. The van der Waals surface area contributed by atoms with E-state index in [4.69, 9.17) is 0 Å². The molecule has 1 aliphatic heterocycles. The lowest BCUT2D eigenvalue weighted by atomic mass is 9.95. The zero-order valence-electron chi connectivity index (χ0n) is 17.2. The van der Waals surface area contributed by atoms with Crippen LogP contribution in [0.3, 0.4) is 0 Å². The largest absolute Gasteiger partial charge is 0.337 e. The van der Waals surface area contributed by atoms with E-state index in [9.17, 15) is 9.59 Å². The average Bonchev–Trinajstić information content (AvgIpc) is 2.75. The summed E-state index contributed by atoms with van der Waals surface area (Å²) in [5.74, 6) is 0.273. The Morgan fingerprint density at radius 3 is 2.34 bits per heavy atom. The number of likely N-dealkylation sites (N-methyl/N-ethyl adjacent to an activating group) is 1. The van der Waals surface area contributed by atoms with Crippen molar-refractivity contribution >= 4 is 29.3 Å². The highest BCUT2D eigenvalue weighted by Crippen LogP contribution is 2.16. The molecule has 0 atom stereocenters. The van der Waals surface area contributed by atoms with Crippen LogP contribution in [0.15, 0.2) is 59.5 Å². The number of amides is 2. The number of para-hydroxylation sites is 1. The van der Waals surface area contributed by atoms with Crippen LogP contribution in [0, 0.1) is 5.92 Å². The van der Waals surface area contributed by atoms with Gasteiger partial charge in [-0.05, 0) is 36.1 Å². The summed E-state index contributed by atoms with van der Waals surface area (Å²) < 4.78 is 0. The Kier molecular flexibility index (Phi) is 7.72. The molecule has 0 spiro atoms. The van der Waals surface area contributed by atoms with E-state index in [1.807, 2.05) is 37.4 Å². The van der Waals surface area contributed by atoms with Crippen molar-refractivity contribution in [1.29, 1.82) is 0 Å². The van der Waals surface area contributed by atoms with Crippen molar-refractivity contribution in [2.45, 2.75) is 24.3 Å². The van der Waals surface area contributed by atoms with Gasteiger partial charge in [0.1, 0.15) is 0 Å². The summed E-state index contributed by atoms with van der Waals surface area (Å²) in [6.07, 6.45) is 3.70. The first kappa shape index (κ1) is 21.4. The van der Waals surface area contributed by atoms with E-state index in [0.717, 1.165) is 37.2 Å². The van der Waals surface area contributed by atoms with Gasteiger partial charge in [0.15, 0.2) is 6.54 Å². The molecule has 154 valence electrons. The predicted octanol–water partition coefficient (Wildman–Crippen LogP) is 2.30. The number of likely N-dealkylation sites (tertiary alicyclic amines) is 1. The maximum absolute atomic E-state index is 12.6. The Hall–Kier alpha value is -2.31. The van der Waals surface area contributed by atoms with Gasteiger partial charge in [-0.15, -0.1) is 11.8 Å². The molecule has 1 saturated heterocycles. The summed E-state index contributed by atoms with van der Waals surface area (Å²) in [7, 11) is 1.87. The topological polar surface area (TPSA) is 53.9 Å². The van der Waals surface area contributed by atoms with Crippen molar-refractivity contribution in [2.24, 2.45) is 5.92 Å². The van der Waals surface area contributed by atoms with Crippen LogP contribution >= 0.6 is 11.8 Å². The number of nitrogens with zero attached hydrogens (tertiary/aromatic N) is 1. The lowest BCUT2D eigenvalue weighted by Gasteiger charge is -2.29. The van der Waals surface area contributed by atoms with Crippen molar-refractivity contribution in [3.05, 3.63) is 60.2 Å². The number of nitrogens with one attached hydrogen (secondary N) is 2. The average molecular weight is 413 g/mol. The molecule has 1 heterocycles. The van der Waals surface area contributed by atoms with E-state index in [2.05, 4.69) is 35.8 Å². The molecular formula is C23H30N3O2S+. The van der Waals surface area contributed by atoms with Gasteiger partial charge in [0, 0.05) is 42.9 Å². The standard InChI is InChI=1S/C23H29N3O2S/c1-25(16-18-8-10-21(29-2)11-9-18)22(27)17-26-14-12-19(13-15-26)23(28)24-20-6-4-3-5-7-20/h3-11,19H,12-17H2,1-2H3,(H,24,28)/p+1. The highest BCUT2D eigenvalue weighted by atomic mass is 32.2. The molecule has 29 heavy (non-hydrogen) atoms. The molecule has 0 radical (unpaired) electrons. The lowest BCUT2D eigenvalue weighted by Crippen LogP contribution is -3.14. The van der Waals surface area contributed by atoms with Crippen LogP contribution in [0.25, 0.3) is 0 Å². The van der Waals surface area contributed by atoms with Crippen molar-refractivity contribution in [1.82, 2.24) is 4.90 Å². The molecule has 3 rings (SSSR count). The van der Waals surface area contributed by atoms with Gasteiger partial charge in [-0.2, -0.15) is 0 Å². The molecule has 2 aromatic rings. The molecule has 1 fully saturated rings. The molecule has 0 unspecified atom stereocenters. The quantitative estimate of drug-likeness (QED) is 0.686. The summed E-state index contributed by atoms with van der Waals surface area (Å²) >= 11 is 1.72. The maximum atomic E-state index is 12.6. The summed E-state index contributed by atoms with van der Waals surface area (Å²) in [4.78, 5) is 29.4. The number of hydrogen-bond donors (Lipinski definition) is 2. The molecule has 2 N–H and O–H groups in total. The number of thioether (sulfide) groups is 1. The van der Waals surface area contributed by atoms with Crippen LogP contribution in [0.4, 0.5) is 5.69 Å². The van der Waals surface area contributed by atoms with Gasteiger partial charge in [0.25, 0.3) is 5.91 Å². The minimum absolute atomic E-state index is 0.0294. The third-order valence-electron chi connectivity index (χ3n) is 5.51. The Balaban J connectivity index is 1.42. The van der Waals surface area contributed by atoms with E-state index in [-0.39, 0.29) is 17.7 Å². The van der Waals surface area contributed by atoms with Crippen molar-refractivity contribution in [3.63, 3.8) is 0 Å². The molecule has 6 heteroatoms. The van der Waals surface area contributed by atoms with Gasteiger partial charge >= 0.3 is 0 Å². The number of anilines is 1. The third-order valence-corrected chi connectivity index (χ3v) is 6.25. The molecule has 0 saturated carbocycles. The Morgan fingerprint density at radius 2 is 1.72 bits per heavy atom. The smallest absolute Gasteiger partial charge is 0.277 e. The second kappa shape index (κ2) is 10.5. The molecule has 0 bridgehead atoms. The van der Waals surface area contributed by atoms with Crippen LogP contribution in [0.5, 0.6) is 0 Å². The van der Waals surface area contributed by atoms with E-state index >= 15 is 0 Å². The Morgan fingerprint density at radius 1 is 1.07 bits per heavy atom. The SMILES string of the molecule is CSc1ccc(CN(C)C(=O)C[NH+]2CCC(C(=O)Nc3ccccc3)CC2)cc1. The minimum atomic E-state index is 0.0294. The fourth-order valence-corrected chi connectivity index (χ4v) is 4.08. The molecule has 2 amide bonds. The summed E-state index contributed by atoms with van der Waals surface area (Å²) in [5, 5.41) is 3.00. The van der Waals surface area contributed by atoms with Crippen molar-refractivity contribution < 1.29 is 14.5 Å². The number of hydrogen-bond acceptors (Lipinski definition) is 3. The van der Waals surface area contributed by atoms with E-state index in [1.165, 1.54) is 9.80 Å². The van der Waals surface area contributed by atoms with Crippen molar-refractivity contribution in [3.8, 4) is 0 Å². The number of benzene rings is 2. The Bertz CT molecular complexity index is 803. The monoisotopic (exact) mass is 412 g/mol. The van der Waals surface area contributed by atoms with Gasteiger partial charge in [-0.3, -0.25) is 9.59 Å². The molecule has 5 nitrogen and oxygen atoms in total. The third kappa shape index (κ3) is 6.34. The van der Waals surface area contributed by atoms with Crippen LogP contribution in [-0.4, -0.2) is 49.7 Å². The second-order valence-electron chi connectivity index (χ2n) is 7.65. The fraction of sp³-hybridized carbons (Fsp3) is 0.391. The first-order valence-corrected chi connectivity index (χ1v) is 11.3. The second-order valence-corrected chi connectivity index (χ2v) is 8.53. The van der Waals surface area contributed by atoms with Gasteiger partial charge in [0.2, 0.25) is 5.91 Å². The highest BCUT2D eigenvalue weighted by Gasteiger charge is 2.29. The first-order valence-electron chi connectivity index (χ1n) is 10.1. The maximum Gasteiger partial charge on any atom is 0.277 e. The molecule has 0 aliphatic carbocycles. The summed E-state index contributed by atoms with van der Waals surface area (Å²) in [6, 6.07) is 17.9. The summed E-state index contributed by atoms with van der Waals surface area (Å²) in [5.41, 5.74) is 1.99. The molecule has 1 aliphatic rings. The zero-order valence-corrected chi connectivity index (χ0v) is 18.0. The number of carbonyl (C=O) groups is 2. The lowest BCUT2D eigenvalue weighted by molar-refractivity contribution is -0.898. The van der Waals surface area contributed by atoms with E-state index in [1.54, 1.807) is 16.7 Å². The van der Waals surface area contributed by atoms with Gasteiger partial charge in [0.05, 0.1) is 13.1 Å². The number of quaternary nitrogens is 1. The van der Waals surface area contributed by atoms with Crippen molar-refractivity contribution in [2.75, 3.05) is 38.3 Å². The van der Waals surface area contributed by atoms with Crippen LogP contribution in [-0.2, 0) is 16.1 Å². The molecule has 2 aromatic carbocycles. The van der Waals surface area contributed by atoms with Crippen LogP contribution in [0.1, 0.15) is 18.4 Å². The highest BCUT2D eigenvalue weighted by molar-refractivity contribution is 7.98. The Labute approximate surface area is 177 Å². The van der Waals surface area contributed by atoms with E-state index < -0.39 is 0 Å². The molecular weight excluding hydrogens is 382 g/mol. The van der Waals surface area contributed by atoms with Gasteiger partial charge in [-0.25, -0.2) is 0 Å². The number of carbonyl (C=O) groups excluding carboxylic acids is 2. The fourth-order valence-electron chi connectivity index (χ4n) is 3.67.